The zero-order valence-electron chi connectivity index (χ0n) is 11.2. The Balaban J connectivity index is 3.99. The second-order valence-electron chi connectivity index (χ2n) is 3.65. The number of allylic oxidation sites excluding steroid dienone is 4. The first kappa shape index (κ1) is 17.0. The van der Waals surface area contributed by atoms with Gasteiger partial charge >= 0.3 is 0 Å². The van der Waals surface area contributed by atoms with Crippen LogP contribution >= 0.6 is 0 Å². The lowest BCUT2D eigenvalue weighted by Gasteiger charge is -1.97. The van der Waals surface area contributed by atoms with E-state index >= 15 is 0 Å². The van der Waals surface area contributed by atoms with Gasteiger partial charge in [0.1, 0.15) is 6.10 Å². The van der Waals surface area contributed by atoms with Gasteiger partial charge < -0.3 is 10.2 Å². The summed E-state index contributed by atoms with van der Waals surface area (Å²) in [5.41, 5.74) is 0. The molecule has 0 fully saturated rings. The molecule has 0 saturated heterocycles. The maximum atomic E-state index is 9.56. The average Bonchev–Trinajstić information content (AvgIpc) is 2.42. The fourth-order valence-electron chi connectivity index (χ4n) is 0.999. The van der Waals surface area contributed by atoms with Gasteiger partial charge in [-0.2, -0.15) is 0 Å². The van der Waals surface area contributed by atoms with Crippen LogP contribution in [0, 0.1) is 23.7 Å². The van der Waals surface area contributed by atoms with Gasteiger partial charge in [0.15, 0.2) is 0 Å². The lowest BCUT2D eigenvalue weighted by Crippen LogP contribution is -1.98. The highest BCUT2D eigenvalue weighted by Crippen LogP contribution is 1.95. The second kappa shape index (κ2) is 12.5. The molecule has 0 heterocycles. The first-order valence-corrected chi connectivity index (χ1v) is 6.18. The summed E-state index contributed by atoms with van der Waals surface area (Å²) in [4.78, 5) is 0. The van der Waals surface area contributed by atoms with Crippen LogP contribution in [0.15, 0.2) is 49.1 Å². The van der Waals surface area contributed by atoms with Gasteiger partial charge in [-0.15, -0.1) is 0 Å². The minimum Gasteiger partial charge on any atom is -0.389 e. The van der Waals surface area contributed by atoms with Crippen LogP contribution in [0.4, 0.5) is 0 Å². The molecule has 2 heteroatoms. The van der Waals surface area contributed by atoms with Gasteiger partial charge in [0.2, 0.25) is 0 Å². The molecule has 0 rings (SSSR count). The van der Waals surface area contributed by atoms with E-state index in [1.807, 2.05) is 18.2 Å². The number of aliphatic hydroxyl groups is 2. The third kappa shape index (κ3) is 12.2. The summed E-state index contributed by atoms with van der Waals surface area (Å²) in [6, 6.07) is 0. The zero-order valence-corrected chi connectivity index (χ0v) is 11.2. The summed E-state index contributed by atoms with van der Waals surface area (Å²) < 4.78 is 0. The van der Waals surface area contributed by atoms with Crippen molar-refractivity contribution in [3.05, 3.63) is 49.1 Å². The van der Waals surface area contributed by atoms with Gasteiger partial charge in [0, 0.05) is 0 Å². The average molecular weight is 256 g/mol. The predicted octanol–water partition coefficient (Wildman–Crippen LogP) is 2.37. The Labute approximate surface area is 115 Å². The first-order valence-electron chi connectivity index (χ1n) is 6.18. The van der Waals surface area contributed by atoms with Crippen molar-refractivity contribution >= 4 is 0 Å². The Morgan fingerprint density at radius 1 is 1.16 bits per heavy atom. The molecule has 0 amide bonds. The van der Waals surface area contributed by atoms with Crippen molar-refractivity contribution in [1.29, 1.82) is 0 Å². The van der Waals surface area contributed by atoms with Crippen LogP contribution < -0.4 is 0 Å². The molecule has 0 spiro atoms. The lowest BCUT2D eigenvalue weighted by atomic mass is 10.2. The molecular formula is C17H20O2. The summed E-state index contributed by atoms with van der Waals surface area (Å²) in [5.74, 6) is 10.3. The molecule has 2 atom stereocenters. The van der Waals surface area contributed by atoms with Crippen molar-refractivity contribution in [2.24, 2.45) is 0 Å². The van der Waals surface area contributed by atoms with Gasteiger partial charge in [-0.05, 0) is 30.8 Å². The van der Waals surface area contributed by atoms with Crippen LogP contribution in [0.2, 0.25) is 0 Å². The zero-order chi connectivity index (χ0) is 14.3. The maximum Gasteiger partial charge on any atom is 0.134 e. The van der Waals surface area contributed by atoms with Crippen molar-refractivity contribution in [3.8, 4) is 23.7 Å². The number of hydrogen-bond donors (Lipinski definition) is 2. The third-order valence-corrected chi connectivity index (χ3v) is 1.97. The fraction of sp³-hybridized carbons (Fsp3) is 0.294. The Hall–Kier alpha value is -2.00. The molecule has 0 aromatic heterocycles. The molecule has 2 nitrogen and oxygen atoms in total. The Morgan fingerprint density at radius 3 is 2.63 bits per heavy atom. The van der Waals surface area contributed by atoms with Crippen LogP contribution in [0.1, 0.15) is 19.8 Å². The molecule has 0 aliphatic rings. The Morgan fingerprint density at radius 2 is 1.95 bits per heavy atom. The summed E-state index contributed by atoms with van der Waals surface area (Å²) in [5, 5.41) is 18.6. The van der Waals surface area contributed by atoms with Crippen LogP contribution in [-0.2, 0) is 0 Å². The van der Waals surface area contributed by atoms with Gasteiger partial charge in [-0.1, -0.05) is 61.8 Å². The molecule has 100 valence electrons. The van der Waals surface area contributed by atoms with Gasteiger partial charge in [-0.3, -0.25) is 0 Å². The second-order valence-corrected chi connectivity index (χ2v) is 3.65. The molecule has 0 aliphatic carbocycles. The topological polar surface area (TPSA) is 40.5 Å². The van der Waals surface area contributed by atoms with E-state index in [0.717, 1.165) is 6.42 Å². The molecule has 19 heavy (non-hydrogen) atoms. The molecule has 2 unspecified atom stereocenters. The molecule has 0 aromatic rings. The Bertz CT molecular complexity index is 447. The quantitative estimate of drug-likeness (QED) is 0.435. The summed E-state index contributed by atoms with van der Waals surface area (Å²) >= 11 is 0. The standard InChI is InChI=1S/C17H20O2/c1-3-5-6-10-14-17(19)15-12-9-7-8-11-13-16(18)4-2/h4-6,9-10,12,14,16-19H,2-3,15H2,1H3/b6-5-,12-9+,14-10+. The monoisotopic (exact) mass is 256 g/mol. The molecule has 0 bridgehead atoms. The van der Waals surface area contributed by atoms with Crippen molar-refractivity contribution in [2.45, 2.75) is 32.0 Å². The predicted molar refractivity (Wildman–Crippen MR) is 80.1 cm³/mol. The SMILES string of the molecule is C=CC(O)C#CC#C/C=C/CC(O)/C=C/C=C\CC. The molecule has 2 N–H and O–H groups in total. The highest BCUT2D eigenvalue weighted by Gasteiger charge is 1.92. The minimum atomic E-state index is -0.832. The van der Waals surface area contributed by atoms with Crippen molar-refractivity contribution in [3.63, 3.8) is 0 Å². The lowest BCUT2D eigenvalue weighted by molar-refractivity contribution is 0.227. The largest absolute Gasteiger partial charge is 0.389 e. The van der Waals surface area contributed by atoms with Crippen molar-refractivity contribution in [1.82, 2.24) is 0 Å². The van der Waals surface area contributed by atoms with E-state index < -0.39 is 12.2 Å². The summed E-state index contributed by atoms with van der Waals surface area (Å²) in [6.07, 6.45) is 12.4. The number of aliphatic hydroxyl groups excluding tert-OH is 2. The van der Waals surface area contributed by atoms with E-state index in [9.17, 15) is 5.11 Å². The Kier molecular flexibility index (Phi) is 11.1. The van der Waals surface area contributed by atoms with E-state index in [-0.39, 0.29) is 0 Å². The van der Waals surface area contributed by atoms with E-state index in [2.05, 4.69) is 37.2 Å². The van der Waals surface area contributed by atoms with Crippen molar-refractivity contribution in [2.75, 3.05) is 0 Å². The van der Waals surface area contributed by atoms with E-state index in [0.29, 0.717) is 6.42 Å². The molecular weight excluding hydrogens is 236 g/mol. The minimum absolute atomic E-state index is 0.506. The van der Waals surface area contributed by atoms with Gasteiger partial charge in [0.25, 0.3) is 0 Å². The van der Waals surface area contributed by atoms with Gasteiger partial charge in [0.05, 0.1) is 6.10 Å². The van der Waals surface area contributed by atoms with E-state index in [1.165, 1.54) is 6.08 Å². The molecule has 0 aliphatic heterocycles. The van der Waals surface area contributed by atoms with Crippen molar-refractivity contribution < 1.29 is 10.2 Å². The fourth-order valence-corrected chi connectivity index (χ4v) is 0.999. The summed E-state index contributed by atoms with van der Waals surface area (Å²) in [6.45, 7) is 5.45. The highest BCUT2D eigenvalue weighted by atomic mass is 16.3. The van der Waals surface area contributed by atoms with E-state index in [4.69, 9.17) is 5.11 Å². The smallest absolute Gasteiger partial charge is 0.134 e. The van der Waals surface area contributed by atoms with Crippen LogP contribution in [0.3, 0.4) is 0 Å². The van der Waals surface area contributed by atoms with Gasteiger partial charge in [-0.25, -0.2) is 0 Å². The van der Waals surface area contributed by atoms with Crippen LogP contribution in [0.25, 0.3) is 0 Å². The molecule has 0 radical (unpaired) electrons. The maximum absolute atomic E-state index is 9.56. The normalized spacial score (nSPS) is 13.8. The highest BCUT2D eigenvalue weighted by molar-refractivity contribution is 5.32. The third-order valence-electron chi connectivity index (χ3n) is 1.97. The van der Waals surface area contributed by atoms with E-state index in [1.54, 1.807) is 18.2 Å². The first-order chi connectivity index (χ1) is 9.20. The molecule has 0 aromatic carbocycles. The number of hydrogen-bond acceptors (Lipinski definition) is 2. The van der Waals surface area contributed by atoms with Crippen LogP contribution in [-0.4, -0.2) is 22.4 Å². The molecule has 0 saturated carbocycles. The van der Waals surface area contributed by atoms with Crippen LogP contribution in [0.5, 0.6) is 0 Å². The summed E-state index contributed by atoms with van der Waals surface area (Å²) in [7, 11) is 0. The number of rotatable bonds is 6.